The highest BCUT2D eigenvalue weighted by molar-refractivity contribution is 7.89. The second-order valence-corrected chi connectivity index (χ2v) is 11.8. The summed E-state index contributed by atoms with van der Waals surface area (Å²) in [5, 5.41) is 2.70. The lowest BCUT2D eigenvalue weighted by Crippen LogP contribution is -2.42. The van der Waals surface area contributed by atoms with Crippen LogP contribution in [0.1, 0.15) is 24.4 Å². The van der Waals surface area contributed by atoms with Crippen LogP contribution in [0.3, 0.4) is 0 Å². The fourth-order valence-electron chi connectivity index (χ4n) is 3.58. The van der Waals surface area contributed by atoms with E-state index in [9.17, 15) is 21.6 Å². The number of hydrogen-bond acceptors (Lipinski definition) is 6. The van der Waals surface area contributed by atoms with Crippen molar-refractivity contribution in [1.29, 1.82) is 0 Å². The number of nitrogens with one attached hydrogen (secondary N) is 1. The Morgan fingerprint density at radius 3 is 2.21 bits per heavy atom. The fourth-order valence-corrected chi connectivity index (χ4v) is 5.70. The Kier molecular flexibility index (Phi) is 8.11. The van der Waals surface area contributed by atoms with E-state index in [0.29, 0.717) is 24.4 Å². The SMILES string of the molecule is CN([C@H](C(=O)NCCOc1ccc(S(=O)(=O)N2CCCC2)cc1)c1ccccc1)S(C)(=O)=O. The number of hydrogen-bond donors (Lipinski definition) is 1. The van der Waals surface area contributed by atoms with Gasteiger partial charge in [-0.05, 0) is 42.7 Å². The van der Waals surface area contributed by atoms with Crippen LogP contribution in [-0.2, 0) is 24.8 Å². The first-order valence-corrected chi connectivity index (χ1v) is 13.9. The fraction of sp³-hybridized carbons (Fsp3) is 0.409. The number of carbonyl (C=O) groups is 1. The van der Waals surface area contributed by atoms with E-state index in [1.807, 2.05) is 0 Å². The molecule has 180 valence electrons. The summed E-state index contributed by atoms with van der Waals surface area (Å²) >= 11 is 0. The molecule has 0 saturated carbocycles. The van der Waals surface area contributed by atoms with E-state index >= 15 is 0 Å². The molecule has 0 bridgehead atoms. The number of carbonyl (C=O) groups excluding carboxylic acids is 1. The van der Waals surface area contributed by atoms with Gasteiger partial charge in [0.2, 0.25) is 26.0 Å². The van der Waals surface area contributed by atoms with Crippen LogP contribution in [0.15, 0.2) is 59.5 Å². The summed E-state index contributed by atoms with van der Waals surface area (Å²) in [5.74, 6) is 0.00210. The maximum atomic E-state index is 12.8. The Balaban J connectivity index is 1.56. The van der Waals surface area contributed by atoms with Crippen molar-refractivity contribution in [3.05, 3.63) is 60.2 Å². The van der Waals surface area contributed by atoms with Gasteiger partial charge >= 0.3 is 0 Å². The van der Waals surface area contributed by atoms with Crippen molar-refractivity contribution >= 4 is 26.0 Å². The molecule has 1 atom stereocenters. The van der Waals surface area contributed by atoms with Gasteiger partial charge in [-0.2, -0.15) is 8.61 Å². The first-order valence-electron chi connectivity index (χ1n) is 10.6. The largest absolute Gasteiger partial charge is 0.492 e. The highest BCUT2D eigenvalue weighted by atomic mass is 32.2. The Bertz CT molecular complexity index is 1150. The van der Waals surface area contributed by atoms with Gasteiger partial charge in [0.25, 0.3) is 0 Å². The third-order valence-electron chi connectivity index (χ3n) is 5.45. The summed E-state index contributed by atoms with van der Waals surface area (Å²) in [4.78, 5) is 13.0. The molecule has 33 heavy (non-hydrogen) atoms. The zero-order chi connectivity index (χ0) is 24.1. The molecule has 0 spiro atoms. The van der Waals surface area contributed by atoms with Crippen molar-refractivity contribution in [1.82, 2.24) is 13.9 Å². The van der Waals surface area contributed by atoms with Crippen molar-refractivity contribution in [3.63, 3.8) is 0 Å². The molecule has 0 aliphatic carbocycles. The molecule has 0 unspecified atom stereocenters. The summed E-state index contributed by atoms with van der Waals surface area (Å²) in [5.41, 5.74) is 0.554. The number of rotatable bonds is 10. The number of amides is 1. The van der Waals surface area contributed by atoms with Crippen LogP contribution < -0.4 is 10.1 Å². The second-order valence-electron chi connectivity index (χ2n) is 7.81. The molecule has 11 heteroatoms. The zero-order valence-corrected chi connectivity index (χ0v) is 20.3. The molecule has 1 aliphatic rings. The molecule has 1 aliphatic heterocycles. The molecule has 1 fully saturated rings. The molecule has 3 rings (SSSR count). The third kappa shape index (κ3) is 6.32. The average Bonchev–Trinajstić information content (AvgIpc) is 3.33. The molecule has 1 N–H and O–H groups in total. The van der Waals surface area contributed by atoms with Gasteiger partial charge in [-0.3, -0.25) is 4.79 Å². The Morgan fingerprint density at radius 1 is 1.03 bits per heavy atom. The maximum absolute atomic E-state index is 12.8. The van der Waals surface area contributed by atoms with Gasteiger partial charge < -0.3 is 10.1 Å². The predicted octanol–water partition coefficient (Wildman–Crippen LogP) is 1.60. The van der Waals surface area contributed by atoms with Crippen LogP contribution in [0.4, 0.5) is 0 Å². The molecule has 0 aromatic heterocycles. The molecule has 2 aromatic carbocycles. The van der Waals surface area contributed by atoms with Gasteiger partial charge in [-0.1, -0.05) is 30.3 Å². The predicted molar refractivity (Wildman–Crippen MR) is 125 cm³/mol. The quantitative estimate of drug-likeness (QED) is 0.501. The molecule has 9 nitrogen and oxygen atoms in total. The minimum atomic E-state index is -3.60. The van der Waals surface area contributed by atoms with Gasteiger partial charge in [-0.25, -0.2) is 16.8 Å². The van der Waals surface area contributed by atoms with Crippen molar-refractivity contribution < 1.29 is 26.4 Å². The number of likely N-dealkylation sites (N-methyl/N-ethyl adjacent to an activating group) is 1. The molecular weight excluding hydrogens is 466 g/mol. The third-order valence-corrected chi connectivity index (χ3v) is 8.62. The van der Waals surface area contributed by atoms with Gasteiger partial charge in [0, 0.05) is 20.1 Å². The minimum absolute atomic E-state index is 0.133. The Hall–Kier alpha value is -2.47. The van der Waals surface area contributed by atoms with E-state index in [1.165, 1.54) is 23.5 Å². The van der Waals surface area contributed by atoms with Crippen LogP contribution >= 0.6 is 0 Å². The summed E-state index contributed by atoms with van der Waals surface area (Å²) in [6, 6.07) is 13.8. The Labute approximate surface area is 195 Å². The Morgan fingerprint density at radius 2 is 1.64 bits per heavy atom. The van der Waals surface area contributed by atoms with Gasteiger partial charge in [0.05, 0.1) is 17.7 Å². The van der Waals surface area contributed by atoms with E-state index < -0.39 is 32.0 Å². The van der Waals surface area contributed by atoms with Crippen LogP contribution in [-0.4, -0.2) is 70.9 Å². The van der Waals surface area contributed by atoms with Crippen LogP contribution in [0.5, 0.6) is 5.75 Å². The van der Waals surface area contributed by atoms with Crippen LogP contribution in [0.25, 0.3) is 0 Å². The van der Waals surface area contributed by atoms with E-state index in [-0.39, 0.29) is 18.0 Å². The highest BCUT2D eigenvalue weighted by Gasteiger charge is 2.30. The standard InChI is InChI=1S/C22H29N3O6S2/c1-24(32(2,27)28)21(18-8-4-3-5-9-18)22(26)23-14-17-31-19-10-12-20(13-11-19)33(29,30)25-15-6-7-16-25/h3-5,8-13,21H,6-7,14-17H2,1-2H3,(H,23,26)/t21-/m0/s1. The lowest BCUT2D eigenvalue weighted by atomic mass is 10.1. The van der Waals surface area contributed by atoms with E-state index in [4.69, 9.17) is 4.74 Å². The first-order chi connectivity index (χ1) is 15.6. The zero-order valence-electron chi connectivity index (χ0n) is 18.7. The summed E-state index contributed by atoms with van der Waals surface area (Å²) < 4.78 is 57.3. The maximum Gasteiger partial charge on any atom is 0.243 e. The number of nitrogens with zero attached hydrogens (tertiary/aromatic N) is 2. The number of ether oxygens (including phenoxy) is 1. The normalized spacial score (nSPS) is 16.0. The lowest BCUT2D eigenvalue weighted by Gasteiger charge is -2.25. The summed E-state index contributed by atoms with van der Waals surface area (Å²) in [6.07, 6.45) is 2.79. The molecule has 1 saturated heterocycles. The molecule has 2 aromatic rings. The smallest absolute Gasteiger partial charge is 0.243 e. The lowest BCUT2D eigenvalue weighted by molar-refractivity contribution is -0.124. The summed E-state index contributed by atoms with van der Waals surface area (Å²) in [6.45, 7) is 1.36. The van der Waals surface area contributed by atoms with E-state index in [0.717, 1.165) is 23.4 Å². The molecule has 1 heterocycles. The topological polar surface area (TPSA) is 113 Å². The summed E-state index contributed by atoms with van der Waals surface area (Å²) in [7, 11) is -5.72. The van der Waals surface area contributed by atoms with Crippen molar-refractivity contribution in [2.24, 2.45) is 0 Å². The van der Waals surface area contributed by atoms with Gasteiger partial charge in [0.1, 0.15) is 18.4 Å². The van der Waals surface area contributed by atoms with E-state index in [1.54, 1.807) is 42.5 Å². The average molecular weight is 496 g/mol. The van der Waals surface area contributed by atoms with Gasteiger partial charge in [0.15, 0.2) is 0 Å². The molecule has 1 amide bonds. The van der Waals surface area contributed by atoms with Crippen molar-refractivity contribution in [2.75, 3.05) is 39.5 Å². The van der Waals surface area contributed by atoms with Crippen molar-refractivity contribution in [3.8, 4) is 5.75 Å². The number of sulfonamides is 2. The van der Waals surface area contributed by atoms with E-state index in [2.05, 4.69) is 5.32 Å². The monoisotopic (exact) mass is 495 g/mol. The molecule has 0 radical (unpaired) electrons. The van der Waals surface area contributed by atoms with Crippen molar-refractivity contribution in [2.45, 2.75) is 23.8 Å². The second kappa shape index (κ2) is 10.6. The van der Waals surface area contributed by atoms with Crippen LogP contribution in [0.2, 0.25) is 0 Å². The molecular formula is C22H29N3O6S2. The first kappa shape index (κ1) is 25.2. The van der Waals surface area contributed by atoms with Gasteiger partial charge in [-0.15, -0.1) is 0 Å². The minimum Gasteiger partial charge on any atom is -0.492 e. The highest BCUT2D eigenvalue weighted by Crippen LogP contribution is 2.23. The number of benzene rings is 2. The van der Waals surface area contributed by atoms with Crippen LogP contribution in [0, 0.1) is 0 Å².